The summed E-state index contributed by atoms with van der Waals surface area (Å²) in [7, 11) is -4.05. The lowest BCUT2D eigenvalue weighted by molar-refractivity contribution is -0.0967. The van der Waals surface area contributed by atoms with Crippen molar-refractivity contribution in [3.8, 4) is 11.4 Å². The number of alkyl halides is 3. The van der Waals surface area contributed by atoms with E-state index < -0.39 is 33.5 Å². The number of benzene rings is 2. The Bertz CT molecular complexity index is 1260. The van der Waals surface area contributed by atoms with Crippen LogP contribution >= 0.6 is 0 Å². The van der Waals surface area contributed by atoms with E-state index in [0.717, 1.165) is 6.07 Å². The third kappa shape index (κ3) is 2.60. The number of nitrogens with zero attached hydrogens (tertiary/aromatic N) is 4. The van der Waals surface area contributed by atoms with Crippen LogP contribution < -0.4 is 0 Å². The predicted molar refractivity (Wildman–Crippen MR) is 85.3 cm³/mol. The number of tetrazole rings is 1. The molecule has 0 atom stereocenters. The molecule has 0 saturated carbocycles. The maximum absolute atomic E-state index is 12.9. The third-order valence-electron chi connectivity index (χ3n) is 4.03. The van der Waals surface area contributed by atoms with Crippen LogP contribution in [0.3, 0.4) is 0 Å². The maximum Gasteiger partial charge on any atom is 0.475 e. The first-order valence-corrected chi connectivity index (χ1v) is 9.04. The molecule has 0 fully saturated rings. The normalized spacial score (nSPS) is 15.0. The number of hydrogen-bond acceptors (Lipinski definition) is 7. The van der Waals surface area contributed by atoms with E-state index in [1.807, 2.05) is 0 Å². The van der Waals surface area contributed by atoms with E-state index in [2.05, 4.69) is 15.4 Å². The van der Waals surface area contributed by atoms with Crippen LogP contribution in [0.1, 0.15) is 20.7 Å². The quantitative estimate of drug-likeness (QED) is 0.473. The molecule has 0 spiro atoms. The molecule has 4 rings (SSSR count). The summed E-state index contributed by atoms with van der Waals surface area (Å²) in [6, 6.07) is 9.22. The van der Waals surface area contributed by atoms with Crippen molar-refractivity contribution >= 4 is 21.5 Å². The molecule has 0 N–H and O–H groups in total. The minimum Gasteiger partial charge on any atom is -0.289 e. The summed E-state index contributed by atoms with van der Waals surface area (Å²) in [5, 5.41) is 9.76. The molecule has 0 saturated heterocycles. The van der Waals surface area contributed by atoms with Crippen LogP contribution in [-0.2, 0) is 9.84 Å². The molecule has 0 unspecified atom stereocenters. The molecule has 1 aliphatic heterocycles. The largest absolute Gasteiger partial charge is 0.475 e. The van der Waals surface area contributed by atoms with Crippen LogP contribution in [0, 0.1) is 0 Å². The van der Waals surface area contributed by atoms with Crippen molar-refractivity contribution in [2.45, 2.75) is 16.0 Å². The lowest BCUT2D eigenvalue weighted by atomic mass is 10.0. The molecule has 0 radical (unpaired) electrons. The summed E-state index contributed by atoms with van der Waals surface area (Å²) in [4.78, 5) is 23.0. The fourth-order valence-electron chi connectivity index (χ4n) is 2.75. The fourth-order valence-corrected chi connectivity index (χ4v) is 4.43. The van der Waals surface area contributed by atoms with Crippen LogP contribution in [0.4, 0.5) is 13.2 Å². The summed E-state index contributed by atoms with van der Waals surface area (Å²) in [6.45, 7) is 0. The topological polar surface area (TPSA) is 112 Å². The van der Waals surface area contributed by atoms with E-state index in [9.17, 15) is 31.2 Å². The third-order valence-corrected chi connectivity index (χ3v) is 5.88. The van der Waals surface area contributed by atoms with Gasteiger partial charge >= 0.3 is 12.1 Å². The average Bonchev–Trinajstić information content (AvgIpc) is 3.14. The van der Waals surface area contributed by atoms with Gasteiger partial charge in [0.25, 0.3) is 0 Å². The van der Waals surface area contributed by atoms with Crippen molar-refractivity contribution in [3.63, 3.8) is 0 Å². The first kappa shape index (κ1) is 18.0. The first-order valence-electron chi connectivity index (χ1n) is 7.55. The Kier molecular flexibility index (Phi) is 3.72. The highest BCUT2D eigenvalue weighted by atomic mass is 32.2. The van der Waals surface area contributed by atoms with Gasteiger partial charge in [0.05, 0.1) is 9.79 Å². The molecule has 2 heterocycles. The number of hydrogen-bond donors (Lipinski definition) is 0. The lowest BCUT2D eigenvalue weighted by Gasteiger charge is -2.18. The highest BCUT2D eigenvalue weighted by Gasteiger charge is 2.42. The van der Waals surface area contributed by atoms with E-state index >= 15 is 0 Å². The molecular weight excluding hydrogens is 401 g/mol. The van der Waals surface area contributed by atoms with Gasteiger partial charge in [-0.1, -0.05) is 23.0 Å². The summed E-state index contributed by atoms with van der Waals surface area (Å²) in [5.74, 6) is -3.25. The van der Waals surface area contributed by atoms with Gasteiger partial charge < -0.3 is 0 Å². The monoisotopic (exact) mass is 408 g/mol. The zero-order valence-corrected chi connectivity index (χ0v) is 14.3. The van der Waals surface area contributed by atoms with Gasteiger partial charge in [-0.05, 0) is 29.5 Å². The van der Waals surface area contributed by atoms with Crippen LogP contribution in [0.15, 0.2) is 52.3 Å². The second-order valence-electron chi connectivity index (χ2n) is 5.75. The Labute approximate surface area is 154 Å². The van der Waals surface area contributed by atoms with E-state index in [4.69, 9.17) is 0 Å². The number of ketones is 1. The van der Waals surface area contributed by atoms with E-state index in [1.54, 1.807) is 0 Å². The molecule has 2 aromatic carbocycles. The molecular formula is C16H7F3N4O4S. The van der Waals surface area contributed by atoms with Crippen LogP contribution in [-0.4, -0.2) is 46.5 Å². The number of sulfone groups is 1. The van der Waals surface area contributed by atoms with Crippen molar-refractivity contribution in [2.75, 3.05) is 0 Å². The van der Waals surface area contributed by atoms with Crippen LogP contribution in [0.25, 0.3) is 11.4 Å². The minimum atomic E-state index is -5.20. The Morgan fingerprint density at radius 1 is 1.00 bits per heavy atom. The molecule has 0 amide bonds. The minimum absolute atomic E-state index is 0.0178. The Balaban J connectivity index is 1.83. The number of rotatable bonds is 1. The number of halogens is 3. The zero-order chi connectivity index (χ0) is 20.3. The van der Waals surface area contributed by atoms with Gasteiger partial charge in [0, 0.05) is 16.7 Å². The summed E-state index contributed by atoms with van der Waals surface area (Å²) in [5.41, 5.74) is -0.0699. The van der Waals surface area contributed by atoms with E-state index in [0.29, 0.717) is 0 Å². The molecule has 1 aliphatic rings. The Hall–Kier alpha value is -3.41. The molecule has 0 aliphatic carbocycles. The molecule has 0 bridgehead atoms. The molecule has 12 heteroatoms. The lowest BCUT2D eigenvalue weighted by Crippen LogP contribution is -2.30. The summed E-state index contributed by atoms with van der Waals surface area (Å²) < 4.78 is 63.1. The summed E-state index contributed by atoms with van der Waals surface area (Å²) in [6.07, 6.45) is -5.20. The highest BCUT2D eigenvalue weighted by Crippen LogP contribution is 2.36. The average molecular weight is 408 g/mol. The van der Waals surface area contributed by atoms with Gasteiger partial charge in [-0.25, -0.2) is 8.42 Å². The van der Waals surface area contributed by atoms with E-state index in [1.165, 1.54) is 36.4 Å². The van der Waals surface area contributed by atoms with E-state index in [-0.39, 0.29) is 31.3 Å². The number of carbonyl (C=O) groups excluding carboxylic acids is 2. The standard InChI is InChI=1S/C16H7F3N4O4S/c17-16(18,19)15(25)23-21-14(20-22-23)8-5-6-10-12(7-8)28(26,27)11-4-2-1-3-9(11)13(10)24/h1-7H. The van der Waals surface area contributed by atoms with Gasteiger partial charge in [0.1, 0.15) is 0 Å². The maximum atomic E-state index is 12.9. The van der Waals surface area contributed by atoms with Crippen molar-refractivity contribution in [3.05, 3.63) is 53.6 Å². The molecule has 1 aromatic heterocycles. The Morgan fingerprint density at radius 2 is 1.68 bits per heavy atom. The van der Waals surface area contributed by atoms with Crippen molar-refractivity contribution in [2.24, 2.45) is 0 Å². The SMILES string of the molecule is O=C1c2ccccc2S(=O)(=O)c2cc(-c3nnn(C(=O)C(F)(F)F)n3)ccc21. The summed E-state index contributed by atoms with van der Waals surface area (Å²) >= 11 is 0. The van der Waals surface area contributed by atoms with Crippen molar-refractivity contribution in [1.29, 1.82) is 0 Å². The van der Waals surface area contributed by atoms with Gasteiger partial charge in [0.2, 0.25) is 15.7 Å². The Morgan fingerprint density at radius 3 is 2.39 bits per heavy atom. The van der Waals surface area contributed by atoms with Crippen LogP contribution in [0.2, 0.25) is 0 Å². The number of fused-ring (bicyclic) bond motifs is 2. The second-order valence-corrected chi connectivity index (χ2v) is 7.63. The van der Waals surface area contributed by atoms with Crippen molar-refractivity contribution in [1.82, 2.24) is 20.2 Å². The number of aromatic nitrogens is 4. The highest BCUT2D eigenvalue weighted by molar-refractivity contribution is 7.91. The van der Waals surface area contributed by atoms with Crippen molar-refractivity contribution < 1.29 is 31.2 Å². The molecule has 3 aromatic rings. The van der Waals surface area contributed by atoms with Gasteiger partial charge in [0.15, 0.2) is 5.78 Å². The van der Waals surface area contributed by atoms with Gasteiger partial charge in [-0.2, -0.15) is 13.2 Å². The molecule has 28 heavy (non-hydrogen) atoms. The first-order chi connectivity index (χ1) is 13.1. The zero-order valence-electron chi connectivity index (χ0n) is 13.5. The molecule has 8 nitrogen and oxygen atoms in total. The van der Waals surface area contributed by atoms with Gasteiger partial charge in [-0.15, -0.1) is 10.2 Å². The van der Waals surface area contributed by atoms with Gasteiger partial charge in [-0.3, -0.25) is 9.59 Å². The smallest absolute Gasteiger partial charge is 0.289 e. The second kappa shape index (κ2) is 5.79. The predicted octanol–water partition coefficient (Wildman–Crippen LogP) is 1.92. The fraction of sp³-hybridized carbons (Fsp3) is 0.0625. The number of carbonyl (C=O) groups is 2. The van der Waals surface area contributed by atoms with Crippen LogP contribution in [0.5, 0.6) is 0 Å². The molecule has 142 valence electrons.